The van der Waals surface area contributed by atoms with E-state index in [0.717, 1.165) is 0 Å². The van der Waals surface area contributed by atoms with Crippen LogP contribution in [0.5, 0.6) is 23.0 Å². The van der Waals surface area contributed by atoms with E-state index in [1.807, 2.05) is 6.92 Å². The molecule has 2 aromatic rings. The molecule has 1 aliphatic rings. The number of esters is 2. The highest BCUT2D eigenvalue weighted by Crippen LogP contribution is 2.35. The molecule has 2 aromatic carbocycles. The summed E-state index contributed by atoms with van der Waals surface area (Å²) < 4.78 is 32.4. The zero-order chi connectivity index (χ0) is 32.1. The minimum atomic E-state index is -1.18. The molecule has 0 saturated carbocycles. The van der Waals surface area contributed by atoms with E-state index < -0.39 is 30.2 Å². The largest absolute Gasteiger partial charge is 0.490 e. The first-order chi connectivity index (χ1) is 21.2. The number of rotatable bonds is 16. The number of ether oxygens (including phenoxy) is 6. The molecule has 1 aliphatic heterocycles. The number of carbonyl (C=O) groups excluding carboxylic acids is 3. The molecule has 0 aromatic heterocycles. The molecule has 0 aliphatic carbocycles. The van der Waals surface area contributed by atoms with Gasteiger partial charge in [0.05, 0.1) is 44.8 Å². The summed E-state index contributed by atoms with van der Waals surface area (Å²) in [7, 11) is 1.27. The average Bonchev–Trinajstić information content (AvgIpc) is 2.99. The summed E-state index contributed by atoms with van der Waals surface area (Å²) in [6, 6.07) is 8.76. The van der Waals surface area contributed by atoms with Crippen LogP contribution in [0.2, 0.25) is 0 Å². The number of methoxy groups -OCH3 is 1. The van der Waals surface area contributed by atoms with Crippen molar-refractivity contribution in [3.63, 3.8) is 0 Å². The third-order valence-electron chi connectivity index (χ3n) is 6.03. The molecule has 1 heterocycles. The quantitative estimate of drug-likeness (QED) is 0.0946. The maximum atomic E-state index is 12.4. The first-order valence-electron chi connectivity index (χ1n) is 14.0. The molecule has 238 valence electrons. The lowest BCUT2D eigenvalue weighted by molar-refractivity contribution is -0.145. The summed E-state index contributed by atoms with van der Waals surface area (Å²) in [5.74, 6) is 0.417. The molecule has 3 rings (SSSR count). The van der Waals surface area contributed by atoms with Crippen LogP contribution >= 0.6 is 0 Å². The minimum absolute atomic E-state index is 0.182. The molecule has 0 unspecified atom stereocenters. The second kappa shape index (κ2) is 16.6. The van der Waals surface area contributed by atoms with Gasteiger partial charge in [0.25, 0.3) is 0 Å². The monoisotopic (exact) mass is 614 g/mol. The van der Waals surface area contributed by atoms with Crippen molar-refractivity contribution in [2.45, 2.75) is 40.0 Å². The number of nitrogens with zero attached hydrogens (tertiary/aromatic N) is 1. The van der Waals surface area contributed by atoms with E-state index in [9.17, 15) is 19.5 Å². The number of benzene rings is 2. The van der Waals surface area contributed by atoms with Gasteiger partial charge in [-0.05, 0) is 69.2 Å². The van der Waals surface area contributed by atoms with Crippen molar-refractivity contribution in [3.8, 4) is 23.0 Å². The fourth-order valence-electron chi connectivity index (χ4n) is 4.15. The second-order valence-electron chi connectivity index (χ2n) is 9.15. The number of aliphatic hydroxyl groups is 1. The number of hydrogen-bond donors (Lipinski definition) is 4. The van der Waals surface area contributed by atoms with Crippen molar-refractivity contribution in [2.75, 3.05) is 40.1 Å². The van der Waals surface area contributed by atoms with Gasteiger partial charge in [-0.2, -0.15) is 5.10 Å². The van der Waals surface area contributed by atoms with Gasteiger partial charge in [-0.25, -0.2) is 14.4 Å². The summed E-state index contributed by atoms with van der Waals surface area (Å²) in [6.45, 7) is 7.48. The maximum absolute atomic E-state index is 12.4. The Hall–Kier alpha value is -4.98. The van der Waals surface area contributed by atoms with Crippen LogP contribution in [0.3, 0.4) is 0 Å². The third-order valence-corrected chi connectivity index (χ3v) is 6.03. The molecule has 2 atom stereocenters. The summed E-state index contributed by atoms with van der Waals surface area (Å²) in [5.41, 5.74) is 4.44. The molecule has 44 heavy (non-hydrogen) atoms. The lowest BCUT2D eigenvalue weighted by Gasteiger charge is -2.28. The van der Waals surface area contributed by atoms with Gasteiger partial charge in [0.2, 0.25) is 0 Å². The topological polar surface area (TPSA) is 175 Å². The fourth-order valence-corrected chi connectivity index (χ4v) is 4.15. The van der Waals surface area contributed by atoms with Gasteiger partial charge < -0.3 is 44.2 Å². The highest BCUT2D eigenvalue weighted by molar-refractivity contribution is 5.95. The first-order valence-corrected chi connectivity index (χ1v) is 14.0. The lowest BCUT2D eigenvalue weighted by Crippen LogP contribution is -2.45. The van der Waals surface area contributed by atoms with Gasteiger partial charge in [-0.3, -0.25) is 5.43 Å². The van der Waals surface area contributed by atoms with Crippen LogP contribution < -0.4 is 35.0 Å². The molecule has 14 heteroatoms. The van der Waals surface area contributed by atoms with Gasteiger partial charge in [-0.1, -0.05) is 6.07 Å². The Morgan fingerprint density at radius 2 is 1.66 bits per heavy atom. The number of urea groups is 1. The van der Waals surface area contributed by atoms with E-state index in [0.29, 0.717) is 53.0 Å². The third kappa shape index (κ3) is 9.26. The van der Waals surface area contributed by atoms with Crippen LogP contribution in [0.25, 0.3) is 0 Å². The molecule has 14 nitrogen and oxygen atoms in total. The van der Waals surface area contributed by atoms with E-state index in [-0.39, 0.29) is 25.4 Å². The number of allylic oxidation sites excluding steroid dienone is 1. The fraction of sp³-hybridized carbons (Fsp3) is 0.400. The number of aliphatic hydroxyl groups excluding tert-OH is 1. The van der Waals surface area contributed by atoms with E-state index >= 15 is 0 Å². The summed E-state index contributed by atoms with van der Waals surface area (Å²) in [4.78, 5) is 36.2. The predicted octanol–water partition coefficient (Wildman–Crippen LogP) is 2.55. The molecular weight excluding hydrogens is 576 g/mol. The molecule has 0 bridgehead atoms. The molecule has 0 saturated heterocycles. The van der Waals surface area contributed by atoms with Crippen LogP contribution in [-0.4, -0.2) is 75.7 Å². The Labute approximate surface area is 255 Å². The van der Waals surface area contributed by atoms with Crippen LogP contribution in [-0.2, 0) is 19.1 Å². The normalized spacial score (nSPS) is 15.1. The van der Waals surface area contributed by atoms with Crippen LogP contribution in [0.15, 0.2) is 52.8 Å². The molecule has 4 N–H and O–H groups in total. The molecular formula is C30H38N4O10. The van der Waals surface area contributed by atoms with Crippen molar-refractivity contribution in [3.05, 3.63) is 58.8 Å². The van der Waals surface area contributed by atoms with Crippen molar-refractivity contribution in [1.82, 2.24) is 16.1 Å². The van der Waals surface area contributed by atoms with Gasteiger partial charge in [-0.15, -0.1) is 0 Å². The predicted molar refractivity (Wildman–Crippen MR) is 159 cm³/mol. The molecule has 0 radical (unpaired) electrons. The molecule has 0 spiro atoms. The van der Waals surface area contributed by atoms with E-state index in [4.69, 9.17) is 28.4 Å². The van der Waals surface area contributed by atoms with Crippen LogP contribution in [0.4, 0.5) is 4.79 Å². The van der Waals surface area contributed by atoms with E-state index in [1.165, 1.54) is 13.3 Å². The summed E-state index contributed by atoms with van der Waals surface area (Å²) in [6.07, 6.45) is 0.294. The Balaban J connectivity index is 1.64. The number of hydrogen-bond acceptors (Lipinski definition) is 12. The number of nitrogens with one attached hydrogen (secondary N) is 3. The zero-order valence-electron chi connectivity index (χ0n) is 25.3. The first kappa shape index (κ1) is 33.5. The Kier molecular flexibility index (Phi) is 12.6. The maximum Gasteiger partial charge on any atom is 0.344 e. The zero-order valence-corrected chi connectivity index (χ0v) is 25.3. The van der Waals surface area contributed by atoms with Crippen molar-refractivity contribution >= 4 is 24.2 Å². The Morgan fingerprint density at radius 3 is 2.34 bits per heavy atom. The van der Waals surface area contributed by atoms with E-state index in [2.05, 4.69) is 21.2 Å². The highest BCUT2D eigenvalue weighted by atomic mass is 16.6. The molecule has 2 amide bonds. The number of hydrazone groups is 1. The van der Waals surface area contributed by atoms with Crippen LogP contribution in [0.1, 0.15) is 44.9 Å². The van der Waals surface area contributed by atoms with E-state index in [1.54, 1.807) is 57.2 Å². The Morgan fingerprint density at radius 1 is 0.977 bits per heavy atom. The number of amides is 2. The smallest absolute Gasteiger partial charge is 0.344 e. The SMILES string of the molecule is CCOC(=O)COc1ccc(/C=N\N[C@H](O)COc2ccc([C@H]3NC(=O)NC(C)=C3C(=O)OC)cc2OCC)cc1OCC. The second-order valence-corrected chi connectivity index (χ2v) is 9.15. The van der Waals surface area contributed by atoms with Gasteiger partial charge in [0, 0.05) is 5.70 Å². The number of carbonyl (C=O) groups is 3. The van der Waals surface area contributed by atoms with Crippen molar-refractivity contribution < 1.29 is 47.9 Å². The van der Waals surface area contributed by atoms with Gasteiger partial charge in [0.1, 0.15) is 6.61 Å². The summed E-state index contributed by atoms with van der Waals surface area (Å²) in [5, 5.41) is 19.8. The molecule has 0 fully saturated rings. The standard InChI is InChI=1S/C30H38N4O10/c1-6-40-23-13-19(9-11-21(23)44-17-26(36)42-8-3)15-31-34-25(35)16-43-22-12-10-20(14-24(22)41-7-2)28-27(29(37)39-5)18(4)32-30(38)33-28/h9-15,25,28,34-35H,6-8,16-17H2,1-5H3,(H2,32,33,38)/b31-15-/t25-,28-/m1/s1. The lowest BCUT2D eigenvalue weighted by atomic mass is 9.95. The van der Waals surface area contributed by atoms with Gasteiger partial charge in [0.15, 0.2) is 35.8 Å². The average molecular weight is 615 g/mol. The highest BCUT2D eigenvalue weighted by Gasteiger charge is 2.32. The van der Waals surface area contributed by atoms with Gasteiger partial charge >= 0.3 is 18.0 Å². The van der Waals surface area contributed by atoms with Crippen molar-refractivity contribution in [1.29, 1.82) is 0 Å². The van der Waals surface area contributed by atoms with Crippen molar-refractivity contribution in [2.24, 2.45) is 5.10 Å². The minimum Gasteiger partial charge on any atom is -0.490 e. The summed E-state index contributed by atoms with van der Waals surface area (Å²) >= 11 is 0. The van der Waals surface area contributed by atoms with Crippen LogP contribution in [0, 0.1) is 0 Å². The Bertz CT molecular complexity index is 1380.